The summed E-state index contributed by atoms with van der Waals surface area (Å²) in [4.78, 5) is 0. The summed E-state index contributed by atoms with van der Waals surface area (Å²) >= 11 is -0.556. The summed E-state index contributed by atoms with van der Waals surface area (Å²) in [6, 6.07) is 0. The predicted octanol–water partition coefficient (Wildman–Crippen LogP) is 5.47. The van der Waals surface area contributed by atoms with E-state index in [0.717, 1.165) is 24.2 Å². The SMILES string of the molecule is C1[C-]2CC3CC1CC(C2)C3.[C-]1=CC=CC1.[Cl][Ti][Cl]. The molecular weight excluding hydrogens is 299 g/mol. The average Bonchev–Trinajstić information content (AvgIpc) is 2.86. The molecule has 4 fully saturated rings. The molecule has 5 rings (SSSR count). The first kappa shape index (κ1) is 15.2. The Morgan fingerprint density at radius 2 is 1.50 bits per heavy atom. The third-order valence-corrected chi connectivity index (χ3v) is 4.32. The molecule has 18 heavy (non-hydrogen) atoms. The van der Waals surface area contributed by atoms with Crippen LogP contribution in [0.3, 0.4) is 0 Å². The van der Waals surface area contributed by atoms with Crippen LogP contribution in [0.2, 0.25) is 0 Å². The molecule has 0 aromatic heterocycles. The van der Waals surface area contributed by atoms with Crippen molar-refractivity contribution in [3.63, 3.8) is 0 Å². The second-order valence-electron chi connectivity index (χ2n) is 5.74. The van der Waals surface area contributed by atoms with Gasteiger partial charge in [-0.2, -0.15) is 25.3 Å². The molecule has 4 bridgehead atoms. The molecule has 3 heteroatoms. The Kier molecular flexibility index (Phi) is 6.87. The van der Waals surface area contributed by atoms with Crippen LogP contribution < -0.4 is 0 Å². The van der Waals surface area contributed by atoms with E-state index in [1.54, 1.807) is 19.3 Å². The van der Waals surface area contributed by atoms with E-state index < -0.39 is 17.0 Å². The van der Waals surface area contributed by atoms with Gasteiger partial charge in [0.15, 0.2) is 0 Å². The molecule has 0 aromatic rings. The van der Waals surface area contributed by atoms with E-state index >= 15 is 0 Å². The van der Waals surface area contributed by atoms with Crippen molar-refractivity contribution in [2.45, 2.75) is 44.9 Å². The Bertz CT molecular complexity index is 232. The maximum absolute atomic E-state index is 4.89. The van der Waals surface area contributed by atoms with Gasteiger partial charge in [-0.25, -0.2) is 12.2 Å². The van der Waals surface area contributed by atoms with E-state index in [4.69, 9.17) is 18.6 Å². The summed E-state index contributed by atoms with van der Waals surface area (Å²) in [5, 5.41) is 0. The number of allylic oxidation sites excluding steroid dienone is 4. The fourth-order valence-electron chi connectivity index (χ4n) is 4.02. The zero-order valence-corrected chi connectivity index (χ0v) is 13.7. The van der Waals surface area contributed by atoms with Gasteiger partial charge in [-0.1, -0.05) is 37.0 Å². The van der Waals surface area contributed by atoms with Crippen molar-refractivity contribution < 1.29 is 17.0 Å². The third kappa shape index (κ3) is 4.71. The molecular formula is C15H20Cl2Ti-2. The first-order chi connectivity index (χ1) is 8.81. The fraction of sp³-hybridized carbons (Fsp3) is 0.667. The number of hydrogen-bond donors (Lipinski definition) is 0. The topological polar surface area (TPSA) is 0 Å². The molecule has 0 unspecified atom stereocenters. The van der Waals surface area contributed by atoms with Crippen LogP contribution in [0, 0.1) is 29.7 Å². The molecule has 5 aliphatic carbocycles. The molecule has 0 spiro atoms. The van der Waals surface area contributed by atoms with Crippen LogP contribution in [0.1, 0.15) is 44.9 Å². The van der Waals surface area contributed by atoms with Crippen LogP contribution in [0.5, 0.6) is 0 Å². The Morgan fingerprint density at radius 1 is 1.00 bits per heavy atom. The van der Waals surface area contributed by atoms with Crippen molar-refractivity contribution >= 4 is 18.6 Å². The van der Waals surface area contributed by atoms with E-state index in [2.05, 4.69) is 12.2 Å². The molecule has 0 atom stereocenters. The number of rotatable bonds is 0. The average molecular weight is 319 g/mol. The van der Waals surface area contributed by atoms with Crippen LogP contribution in [0.4, 0.5) is 0 Å². The first-order valence-corrected chi connectivity index (χ1v) is 11.1. The van der Waals surface area contributed by atoms with Gasteiger partial charge in [0.05, 0.1) is 0 Å². The predicted molar refractivity (Wildman–Crippen MR) is 74.7 cm³/mol. The Morgan fingerprint density at radius 3 is 1.72 bits per heavy atom. The van der Waals surface area contributed by atoms with Crippen LogP contribution >= 0.6 is 18.6 Å². The zero-order chi connectivity index (χ0) is 12.8. The number of hydrogen-bond acceptors (Lipinski definition) is 0. The van der Waals surface area contributed by atoms with E-state index in [0.29, 0.717) is 0 Å². The molecule has 0 aliphatic heterocycles. The van der Waals surface area contributed by atoms with Crippen molar-refractivity contribution in [1.82, 2.24) is 0 Å². The molecule has 0 N–H and O–H groups in total. The molecule has 0 aromatic carbocycles. The van der Waals surface area contributed by atoms with Gasteiger partial charge in [0.2, 0.25) is 0 Å². The third-order valence-electron chi connectivity index (χ3n) is 4.32. The van der Waals surface area contributed by atoms with E-state index in [1.807, 2.05) is 18.1 Å². The zero-order valence-electron chi connectivity index (χ0n) is 10.7. The summed E-state index contributed by atoms with van der Waals surface area (Å²) in [5.74, 6) is 5.35. The van der Waals surface area contributed by atoms with Crippen molar-refractivity contribution in [2.24, 2.45) is 17.8 Å². The van der Waals surface area contributed by atoms with Crippen molar-refractivity contribution in [2.75, 3.05) is 0 Å². The van der Waals surface area contributed by atoms with Crippen molar-refractivity contribution in [3.05, 3.63) is 30.2 Å². The Balaban J connectivity index is 0.000000128. The molecule has 0 amide bonds. The summed E-state index contributed by atoms with van der Waals surface area (Å²) < 4.78 is 0. The Labute approximate surface area is 128 Å². The van der Waals surface area contributed by atoms with E-state index in [1.165, 1.54) is 19.3 Å². The normalized spacial score (nSPS) is 34.7. The van der Waals surface area contributed by atoms with Gasteiger partial charge in [-0.15, -0.1) is 6.42 Å². The van der Waals surface area contributed by atoms with E-state index in [9.17, 15) is 0 Å². The monoisotopic (exact) mass is 318 g/mol. The minimum absolute atomic E-state index is 0.556. The van der Waals surface area contributed by atoms with Gasteiger partial charge in [-0.3, -0.25) is 6.08 Å². The molecule has 4 saturated carbocycles. The Hall–Kier alpha value is 0.774. The van der Waals surface area contributed by atoms with Crippen LogP contribution in [0.25, 0.3) is 0 Å². The van der Waals surface area contributed by atoms with Gasteiger partial charge in [-0.05, 0) is 0 Å². The summed E-state index contributed by atoms with van der Waals surface area (Å²) in [6.07, 6.45) is 19.3. The molecule has 0 heterocycles. The van der Waals surface area contributed by atoms with Gasteiger partial charge < -0.3 is 5.92 Å². The molecule has 5 aliphatic rings. The van der Waals surface area contributed by atoms with E-state index in [-0.39, 0.29) is 0 Å². The molecule has 0 radical (unpaired) electrons. The minimum atomic E-state index is -0.556. The second-order valence-corrected chi connectivity index (χ2v) is 8.32. The van der Waals surface area contributed by atoms with Crippen LogP contribution in [-0.2, 0) is 17.0 Å². The molecule has 0 saturated heterocycles. The standard InChI is InChI=1S/C10H15.C5H5.2ClH.Ti/c1-7-2-9-4-8(1)5-10(3-7)6-9;1-2-4-5-3-1;;;/h7-9H,1-6H2;1-3H,4H2;2*1H;/q2*-1;;;+2/p-2. The second kappa shape index (κ2) is 8.15. The van der Waals surface area contributed by atoms with Crippen LogP contribution in [-0.4, -0.2) is 0 Å². The quantitative estimate of drug-likeness (QED) is 0.410. The number of halogens is 2. The molecule has 0 nitrogen and oxygen atoms in total. The molecule has 100 valence electrons. The van der Waals surface area contributed by atoms with Gasteiger partial charge in [0.25, 0.3) is 0 Å². The van der Waals surface area contributed by atoms with Gasteiger partial charge in [0.1, 0.15) is 0 Å². The van der Waals surface area contributed by atoms with Gasteiger partial charge >= 0.3 is 35.6 Å². The summed E-state index contributed by atoms with van der Waals surface area (Å²) in [5.41, 5.74) is 0. The first-order valence-electron chi connectivity index (χ1n) is 6.83. The maximum atomic E-state index is 4.89. The van der Waals surface area contributed by atoms with Gasteiger partial charge in [0, 0.05) is 0 Å². The fourth-order valence-corrected chi connectivity index (χ4v) is 4.02. The summed E-state index contributed by atoms with van der Waals surface area (Å²) in [7, 11) is 9.78. The van der Waals surface area contributed by atoms with Crippen LogP contribution in [0.15, 0.2) is 18.2 Å². The van der Waals surface area contributed by atoms with Crippen molar-refractivity contribution in [3.8, 4) is 0 Å². The van der Waals surface area contributed by atoms with Crippen molar-refractivity contribution in [1.29, 1.82) is 0 Å². The summed E-state index contributed by atoms with van der Waals surface area (Å²) in [6.45, 7) is 0.